The molecule has 0 bridgehead atoms. The van der Waals surface area contributed by atoms with Crippen molar-refractivity contribution in [3.63, 3.8) is 0 Å². The van der Waals surface area contributed by atoms with E-state index in [4.69, 9.17) is 9.47 Å². The first kappa shape index (κ1) is 14.5. The van der Waals surface area contributed by atoms with Crippen molar-refractivity contribution in [1.29, 1.82) is 0 Å². The number of benzene rings is 1. The van der Waals surface area contributed by atoms with Gasteiger partial charge in [-0.3, -0.25) is 9.69 Å². The van der Waals surface area contributed by atoms with E-state index in [1.54, 1.807) is 0 Å². The summed E-state index contributed by atoms with van der Waals surface area (Å²) in [5.74, 6) is 1.10. The molecule has 1 atom stereocenters. The van der Waals surface area contributed by atoms with Crippen LogP contribution in [0.2, 0.25) is 0 Å². The van der Waals surface area contributed by atoms with Crippen LogP contribution in [0.4, 0.5) is 0 Å². The maximum atomic E-state index is 12.4. The lowest BCUT2D eigenvalue weighted by Gasteiger charge is -2.27. The molecule has 21 heavy (non-hydrogen) atoms. The second kappa shape index (κ2) is 6.58. The number of Topliss-reactive ketones (excluding diaryl/α,β-unsaturated/α-hetero) is 1. The van der Waals surface area contributed by atoms with Crippen molar-refractivity contribution in [2.75, 3.05) is 33.4 Å². The first-order chi connectivity index (χ1) is 10.2. The van der Waals surface area contributed by atoms with Gasteiger partial charge < -0.3 is 9.47 Å². The molecule has 2 aliphatic rings. The zero-order valence-electron chi connectivity index (χ0n) is 12.6. The van der Waals surface area contributed by atoms with Crippen molar-refractivity contribution in [2.45, 2.75) is 31.8 Å². The standard InChI is InChI=1S/C17H23NO3/c1-18(11-15-4-2-3-8-20-15)12-16(19)13-5-6-17-14(10-13)7-9-21-17/h5-6,10,15H,2-4,7-9,11-12H2,1H3. The maximum Gasteiger partial charge on any atom is 0.176 e. The lowest BCUT2D eigenvalue weighted by Crippen LogP contribution is -2.36. The van der Waals surface area contributed by atoms with Crippen LogP contribution in [0.3, 0.4) is 0 Å². The Hall–Kier alpha value is -1.39. The van der Waals surface area contributed by atoms with Gasteiger partial charge in [0.1, 0.15) is 5.75 Å². The third-order valence-corrected chi connectivity index (χ3v) is 4.21. The Labute approximate surface area is 126 Å². The summed E-state index contributed by atoms with van der Waals surface area (Å²) in [6, 6.07) is 5.77. The highest BCUT2D eigenvalue weighted by Crippen LogP contribution is 2.26. The van der Waals surface area contributed by atoms with Crippen LogP contribution in [0.5, 0.6) is 5.75 Å². The number of rotatable bonds is 5. The molecule has 3 rings (SSSR count). The summed E-state index contributed by atoms with van der Waals surface area (Å²) < 4.78 is 11.2. The van der Waals surface area contributed by atoms with Crippen molar-refractivity contribution in [3.8, 4) is 5.75 Å². The fourth-order valence-electron chi connectivity index (χ4n) is 3.06. The van der Waals surface area contributed by atoms with Gasteiger partial charge in [0, 0.05) is 25.1 Å². The number of carbonyl (C=O) groups excluding carboxylic acids is 1. The molecule has 4 heteroatoms. The smallest absolute Gasteiger partial charge is 0.176 e. The first-order valence-electron chi connectivity index (χ1n) is 7.81. The highest BCUT2D eigenvalue weighted by Gasteiger charge is 2.19. The molecule has 0 spiro atoms. The zero-order valence-corrected chi connectivity index (χ0v) is 12.6. The summed E-state index contributed by atoms with van der Waals surface area (Å²) in [5.41, 5.74) is 1.94. The van der Waals surface area contributed by atoms with E-state index in [1.165, 1.54) is 6.42 Å². The van der Waals surface area contributed by atoms with Gasteiger partial charge in [-0.2, -0.15) is 0 Å². The molecule has 0 N–H and O–H groups in total. The summed E-state index contributed by atoms with van der Waals surface area (Å²) >= 11 is 0. The predicted octanol–water partition coefficient (Wildman–Crippen LogP) is 2.31. The Morgan fingerprint density at radius 1 is 1.33 bits per heavy atom. The van der Waals surface area contributed by atoms with E-state index in [1.807, 2.05) is 25.2 Å². The second-order valence-corrected chi connectivity index (χ2v) is 6.03. The van der Waals surface area contributed by atoms with Crippen LogP contribution in [0.15, 0.2) is 18.2 Å². The lowest BCUT2D eigenvalue weighted by molar-refractivity contribution is -0.000669. The molecule has 1 saturated heterocycles. The molecule has 114 valence electrons. The molecule has 0 saturated carbocycles. The van der Waals surface area contributed by atoms with Gasteiger partial charge in [-0.15, -0.1) is 0 Å². The van der Waals surface area contributed by atoms with Crippen LogP contribution in [-0.4, -0.2) is 50.1 Å². The van der Waals surface area contributed by atoms with Gasteiger partial charge in [0.15, 0.2) is 5.78 Å². The van der Waals surface area contributed by atoms with Gasteiger partial charge >= 0.3 is 0 Å². The van der Waals surface area contributed by atoms with E-state index in [0.29, 0.717) is 6.54 Å². The molecule has 1 fully saturated rings. The van der Waals surface area contributed by atoms with Gasteiger partial charge in [-0.25, -0.2) is 0 Å². The average molecular weight is 289 g/mol. The highest BCUT2D eigenvalue weighted by atomic mass is 16.5. The van der Waals surface area contributed by atoms with Gasteiger partial charge in [0.2, 0.25) is 0 Å². The Morgan fingerprint density at radius 2 is 2.24 bits per heavy atom. The normalized spacial score (nSPS) is 21.1. The molecule has 2 aliphatic heterocycles. The maximum absolute atomic E-state index is 12.4. The number of ether oxygens (including phenoxy) is 2. The monoisotopic (exact) mass is 289 g/mol. The van der Waals surface area contributed by atoms with Crippen molar-refractivity contribution >= 4 is 5.78 Å². The number of ketones is 1. The van der Waals surface area contributed by atoms with Gasteiger partial charge in [-0.1, -0.05) is 0 Å². The molecule has 0 amide bonds. The van der Waals surface area contributed by atoms with E-state index < -0.39 is 0 Å². The molecule has 2 heterocycles. The number of likely N-dealkylation sites (N-methyl/N-ethyl adjacent to an activating group) is 1. The molecular formula is C17H23NO3. The van der Waals surface area contributed by atoms with E-state index in [9.17, 15) is 4.79 Å². The van der Waals surface area contributed by atoms with Crippen LogP contribution < -0.4 is 4.74 Å². The van der Waals surface area contributed by atoms with Crippen molar-refractivity contribution in [3.05, 3.63) is 29.3 Å². The fraction of sp³-hybridized carbons (Fsp3) is 0.588. The lowest BCUT2D eigenvalue weighted by atomic mass is 10.0. The molecule has 4 nitrogen and oxygen atoms in total. The minimum Gasteiger partial charge on any atom is -0.493 e. The minimum atomic E-state index is 0.169. The van der Waals surface area contributed by atoms with E-state index in [-0.39, 0.29) is 11.9 Å². The Bertz CT molecular complexity index is 509. The van der Waals surface area contributed by atoms with Crippen LogP contribution in [0.25, 0.3) is 0 Å². The Kier molecular flexibility index (Phi) is 4.56. The largest absolute Gasteiger partial charge is 0.493 e. The summed E-state index contributed by atoms with van der Waals surface area (Å²) in [7, 11) is 1.99. The number of hydrogen-bond donors (Lipinski definition) is 0. The van der Waals surface area contributed by atoms with E-state index in [2.05, 4.69) is 4.90 Å². The van der Waals surface area contributed by atoms with E-state index >= 15 is 0 Å². The molecule has 0 radical (unpaired) electrons. The fourth-order valence-corrected chi connectivity index (χ4v) is 3.06. The zero-order chi connectivity index (χ0) is 14.7. The van der Waals surface area contributed by atoms with Crippen LogP contribution in [0, 0.1) is 0 Å². The van der Waals surface area contributed by atoms with Crippen molar-refractivity contribution in [2.24, 2.45) is 0 Å². The topological polar surface area (TPSA) is 38.8 Å². The van der Waals surface area contributed by atoms with Crippen LogP contribution in [0.1, 0.15) is 35.2 Å². The first-order valence-corrected chi connectivity index (χ1v) is 7.81. The van der Waals surface area contributed by atoms with E-state index in [0.717, 1.165) is 55.9 Å². The predicted molar refractivity (Wildman–Crippen MR) is 81.1 cm³/mol. The number of hydrogen-bond acceptors (Lipinski definition) is 4. The second-order valence-electron chi connectivity index (χ2n) is 6.03. The number of nitrogens with zero attached hydrogens (tertiary/aromatic N) is 1. The summed E-state index contributed by atoms with van der Waals surface area (Å²) in [6.45, 7) is 2.86. The molecule has 1 unspecified atom stereocenters. The minimum absolute atomic E-state index is 0.169. The molecule has 0 aromatic heterocycles. The summed E-state index contributed by atoms with van der Waals surface area (Å²) in [6.07, 6.45) is 4.69. The summed E-state index contributed by atoms with van der Waals surface area (Å²) in [4.78, 5) is 14.4. The molecule has 1 aromatic rings. The van der Waals surface area contributed by atoms with Crippen molar-refractivity contribution < 1.29 is 14.3 Å². The molecule has 0 aliphatic carbocycles. The van der Waals surface area contributed by atoms with Crippen LogP contribution in [-0.2, 0) is 11.2 Å². The Balaban J connectivity index is 1.55. The van der Waals surface area contributed by atoms with Crippen LogP contribution >= 0.6 is 0 Å². The van der Waals surface area contributed by atoms with Gasteiger partial charge in [-0.05, 0) is 50.1 Å². The van der Waals surface area contributed by atoms with Gasteiger partial charge in [0.05, 0.1) is 19.3 Å². The third-order valence-electron chi connectivity index (χ3n) is 4.21. The highest BCUT2D eigenvalue weighted by molar-refractivity contribution is 5.98. The molecular weight excluding hydrogens is 266 g/mol. The molecule has 1 aromatic carbocycles. The SMILES string of the molecule is CN(CC(=O)c1ccc2c(c1)CCO2)CC1CCCCO1. The summed E-state index contributed by atoms with van der Waals surface area (Å²) in [5, 5.41) is 0. The van der Waals surface area contributed by atoms with Crippen molar-refractivity contribution in [1.82, 2.24) is 4.90 Å². The number of fused-ring (bicyclic) bond motifs is 1. The Morgan fingerprint density at radius 3 is 3.05 bits per heavy atom. The average Bonchev–Trinajstić information content (AvgIpc) is 2.95. The van der Waals surface area contributed by atoms with Gasteiger partial charge in [0.25, 0.3) is 0 Å². The quantitative estimate of drug-likeness (QED) is 0.780. The number of carbonyl (C=O) groups is 1. The third kappa shape index (κ3) is 3.63.